The Hall–Kier alpha value is -4.39. The predicted molar refractivity (Wildman–Crippen MR) is 217 cm³/mol. The summed E-state index contributed by atoms with van der Waals surface area (Å²) in [6.45, 7) is 10.5. The van der Waals surface area contributed by atoms with E-state index in [-0.39, 0.29) is 29.1 Å². The van der Waals surface area contributed by atoms with Crippen LogP contribution in [-0.2, 0) is 9.59 Å². The van der Waals surface area contributed by atoms with Crippen molar-refractivity contribution >= 4 is 72.7 Å². The van der Waals surface area contributed by atoms with Gasteiger partial charge < -0.3 is 5.32 Å². The molecule has 6 heterocycles. The van der Waals surface area contributed by atoms with Crippen molar-refractivity contribution in [2.75, 3.05) is 72.8 Å². The number of para-hydroxylation sites is 1. The molecule has 0 radical (unpaired) electrons. The predicted octanol–water partition coefficient (Wildman–Crippen LogP) is 2.96. The number of benzene rings is 2. The molecule has 1 unspecified atom stereocenters. The van der Waals surface area contributed by atoms with E-state index in [4.69, 9.17) is 16.6 Å². The zero-order chi connectivity index (χ0) is 39.7. The molecule has 4 amide bonds. The minimum absolute atomic E-state index is 0.181. The number of piperazine rings is 1. The molecule has 4 saturated heterocycles. The summed E-state index contributed by atoms with van der Waals surface area (Å²) in [6.07, 6.45) is 5.64. The van der Waals surface area contributed by atoms with Crippen molar-refractivity contribution in [1.82, 2.24) is 28.3 Å². The fraction of sp³-hybridized carbons (Fsp3) is 0.425. The molecule has 4 aliphatic heterocycles. The quantitative estimate of drug-likeness (QED) is 0.0747. The molecule has 1 spiro atoms. The number of rotatable bonds is 9. The van der Waals surface area contributed by atoms with Crippen molar-refractivity contribution in [2.24, 2.45) is 5.41 Å². The van der Waals surface area contributed by atoms with Gasteiger partial charge in [-0.1, -0.05) is 23.7 Å². The number of hydrogen-bond acceptors (Lipinski definition) is 12. The molecule has 0 bridgehead atoms. The van der Waals surface area contributed by atoms with Gasteiger partial charge in [0.1, 0.15) is 0 Å². The summed E-state index contributed by atoms with van der Waals surface area (Å²) in [6, 6.07) is 15.6. The number of nitrogens with zero attached hydrogens (tertiary/aromatic N) is 7. The molecule has 2 aromatic heterocycles. The zero-order valence-corrected chi connectivity index (χ0v) is 35.6. The van der Waals surface area contributed by atoms with Gasteiger partial charge in [0.2, 0.25) is 11.8 Å². The first-order valence-electron chi connectivity index (χ1n) is 19.3. The Morgan fingerprint density at radius 3 is 2.44 bits per heavy atom. The van der Waals surface area contributed by atoms with Gasteiger partial charge >= 0.3 is 251 Å². The first-order chi connectivity index (χ1) is 27.5. The Morgan fingerprint density at radius 1 is 0.947 bits per heavy atom. The SMILES string of the molecule is Cc1nc(Nc2ncc(C(=O)Nc3c(C)cccc3Cl)s2)cc(N2CCN([I-]C(=O)N3CCC4(CCN(c5ccc(C6CCC(=O)NC6=O)cc5)CC4)C3)CC2)n1. The van der Waals surface area contributed by atoms with Crippen molar-refractivity contribution in [3.8, 4) is 0 Å². The second-order valence-electron chi connectivity index (χ2n) is 15.2. The van der Waals surface area contributed by atoms with Gasteiger partial charge in [-0.25, -0.2) is 0 Å². The van der Waals surface area contributed by atoms with E-state index in [0.29, 0.717) is 49.1 Å². The number of carbonyl (C=O) groups is 4. The van der Waals surface area contributed by atoms with Crippen molar-refractivity contribution in [2.45, 2.75) is 51.9 Å². The molecule has 8 rings (SSSR count). The van der Waals surface area contributed by atoms with Gasteiger partial charge in [0.25, 0.3) is 0 Å². The van der Waals surface area contributed by atoms with Crippen LogP contribution >= 0.6 is 22.9 Å². The molecule has 57 heavy (non-hydrogen) atoms. The topological polar surface area (TPSA) is 156 Å². The minimum atomic E-state index is -0.789. The van der Waals surface area contributed by atoms with Crippen molar-refractivity contribution in [1.29, 1.82) is 0 Å². The van der Waals surface area contributed by atoms with Crippen LogP contribution in [0.1, 0.15) is 64.6 Å². The maximum absolute atomic E-state index is 13.6. The summed E-state index contributed by atoms with van der Waals surface area (Å²) in [5.41, 5.74) is 3.75. The summed E-state index contributed by atoms with van der Waals surface area (Å²) in [4.78, 5) is 71.3. The molecular weight excluding hydrogens is 879 g/mol. The van der Waals surface area contributed by atoms with E-state index in [9.17, 15) is 19.2 Å². The molecule has 17 heteroatoms. The molecule has 4 aromatic rings. The number of imide groups is 1. The van der Waals surface area contributed by atoms with Crippen LogP contribution in [0.25, 0.3) is 0 Å². The standard InChI is InChI=1S/C40H45ClIN10O4S/c1-25-4-3-5-30(41)35(25)48-37(55)31-23-43-39(57-31)46-32-22-33(45-26(2)44-32)50-18-20-52(21-19-50)42-38(56)51-17-14-40(24-51)12-15-49(16-13-40)28-8-6-27(7-9-28)29-10-11-34(53)47-36(29)54/h3-9,22-23,29H,10-21,24H2,1-2H3,(H,48,55)(H,47,53,54)(H,43,44,45,46)/q-1. The molecule has 2 aromatic carbocycles. The zero-order valence-electron chi connectivity index (χ0n) is 31.9. The summed E-state index contributed by atoms with van der Waals surface area (Å²) >= 11 is 6.75. The first kappa shape index (κ1) is 39.4. The van der Waals surface area contributed by atoms with Crippen LogP contribution in [0.3, 0.4) is 0 Å². The number of nitrogens with one attached hydrogen (secondary N) is 3. The van der Waals surface area contributed by atoms with E-state index < -0.39 is 21.5 Å². The van der Waals surface area contributed by atoms with Gasteiger partial charge in [-0.15, -0.1) is 0 Å². The van der Waals surface area contributed by atoms with Crippen LogP contribution in [0.2, 0.25) is 5.02 Å². The number of hydrogen-bond donors (Lipinski definition) is 3. The van der Waals surface area contributed by atoms with E-state index >= 15 is 0 Å². The van der Waals surface area contributed by atoms with Gasteiger partial charge in [0.15, 0.2) is 0 Å². The van der Waals surface area contributed by atoms with Crippen LogP contribution in [0.15, 0.2) is 54.7 Å². The Kier molecular flexibility index (Phi) is 11.6. The number of piperidine rings is 2. The maximum atomic E-state index is 13.6. The summed E-state index contributed by atoms with van der Waals surface area (Å²) in [5, 5.41) is 9.62. The van der Waals surface area contributed by atoms with Gasteiger partial charge in [-0.3, -0.25) is 19.7 Å². The summed E-state index contributed by atoms with van der Waals surface area (Å²) in [7, 11) is 0. The second kappa shape index (κ2) is 16.8. The van der Waals surface area contributed by atoms with E-state index in [1.54, 1.807) is 6.07 Å². The van der Waals surface area contributed by atoms with E-state index in [1.165, 1.54) is 17.5 Å². The molecule has 300 valence electrons. The average Bonchev–Trinajstić information content (AvgIpc) is 3.84. The fourth-order valence-electron chi connectivity index (χ4n) is 8.10. The summed E-state index contributed by atoms with van der Waals surface area (Å²) < 4.78 is 2.66. The van der Waals surface area contributed by atoms with Crippen LogP contribution in [0.4, 0.5) is 32.9 Å². The van der Waals surface area contributed by atoms with Gasteiger partial charge in [-0.05, 0) is 25.0 Å². The van der Waals surface area contributed by atoms with Gasteiger partial charge in [0, 0.05) is 6.42 Å². The second-order valence-corrected chi connectivity index (χ2v) is 19.4. The molecule has 0 saturated carbocycles. The number of likely N-dealkylation sites (tertiary alicyclic amines) is 1. The van der Waals surface area contributed by atoms with Crippen LogP contribution in [-0.4, -0.2) is 97.0 Å². The van der Waals surface area contributed by atoms with Gasteiger partial charge in [0.05, 0.1) is 10.7 Å². The first-order valence-corrected chi connectivity index (χ1v) is 22.5. The molecule has 3 N–H and O–H groups in total. The van der Waals surface area contributed by atoms with Crippen molar-refractivity contribution < 1.29 is 40.7 Å². The molecule has 4 fully saturated rings. The van der Waals surface area contributed by atoms with Crippen LogP contribution in [0.5, 0.6) is 0 Å². The third kappa shape index (κ3) is 9.03. The number of aryl methyl sites for hydroxylation is 2. The molecule has 0 aliphatic carbocycles. The monoisotopic (exact) mass is 923 g/mol. The molecular formula is C40H45ClIN10O4S-. The van der Waals surface area contributed by atoms with Gasteiger partial charge in [-0.2, -0.15) is 0 Å². The number of carbonyl (C=O) groups excluding carboxylic acids is 4. The summed E-state index contributed by atoms with van der Waals surface area (Å²) in [5.74, 6) is 1.09. The molecule has 4 aliphatic rings. The van der Waals surface area contributed by atoms with Crippen LogP contribution in [0, 0.1) is 19.3 Å². The Bertz CT molecular complexity index is 2150. The van der Waals surface area contributed by atoms with E-state index in [2.05, 4.69) is 55.9 Å². The number of aromatic nitrogens is 3. The third-order valence-electron chi connectivity index (χ3n) is 11.4. The Balaban J connectivity index is 0.791. The molecule has 1 atom stereocenters. The number of thiazole rings is 1. The third-order valence-corrected chi connectivity index (χ3v) is 15.4. The number of amides is 4. The van der Waals surface area contributed by atoms with Crippen molar-refractivity contribution in [3.05, 3.63) is 81.6 Å². The van der Waals surface area contributed by atoms with E-state index in [1.807, 2.05) is 44.2 Å². The number of halogens is 2. The Morgan fingerprint density at radius 2 is 1.70 bits per heavy atom. The Labute approximate surface area is 351 Å². The van der Waals surface area contributed by atoms with Crippen LogP contribution < -0.4 is 47.2 Å². The molecule has 14 nitrogen and oxygen atoms in total. The number of anilines is 5. The van der Waals surface area contributed by atoms with E-state index in [0.717, 1.165) is 94.3 Å². The normalized spacial score (nSPS) is 19.9. The average molecular weight is 924 g/mol. The fourth-order valence-corrected chi connectivity index (χ4v) is 11.3. The van der Waals surface area contributed by atoms with Crippen molar-refractivity contribution in [3.63, 3.8) is 0 Å².